The van der Waals surface area contributed by atoms with Crippen LogP contribution in [0.4, 0.5) is 0 Å². The Kier molecular flexibility index (Phi) is 19.8. The van der Waals surface area contributed by atoms with Crippen LogP contribution in [-0.4, -0.2) is 42.2 Å². The van der Waals surface area contributed by atoms with E-state index in [1.807, 2.05) is 7.11 Å². The standard InChI is InChI=1S/C6H15N.3C4H9.C2H5O.Sn/c1-5(2)7-6(3)4;3*1-3-4-2;1-3-2;/h5-7H,1-4H3;3*1,3-4H2,2H3;1H2,2H3;. The molecule has 0 aliphatic carbocycles. The molecule has 0 spiro atoms. The van der Waals surface area contributed by atoms with Crippen molar-refractivity contribution in [3.05, 3.63) is 0 Å². The van der Waals surface area contributed by atoms with Crippen LogP contribution in [0.3, 0.4) is 0 Å². The first-order chi connectivity index (χ1) is 10.9. The summed E-state index contributed by atoms with van der Waals surface area (Å²) < 4.78 is 11.5. The van der Waals surface area contributed by atoms with Crippen LogP contribution in [0.15, 0.2) is 0 Å². The minimum absolute atomic E-state index is 0.625. The summed E-state index contributed by atoms with van der Waals surface area (Å²) in [5, 5.41) is 3.31. The molecule has 0 heterocycles. The molecule has 0 aromatic rings. The van der Waals surface area contributed by atoms with Gasteiger partial charge in [-0.25, -0.2) is 0 Å². The van der Waals surface area contributed by atoms with E-state index in [-0.39, 0.29) is 0 Å². The van der Waals surface area contributed by atoms with Gasteiger partial charge in [0.15, 0.2) is 0 Å². The van der Waals surface area contributed by atoms with E-state index in [4.69, 9.17) is 4.74 Å². The van der Waals surface area contributed by atoms with E-state index < -0.39 is 18.4 Å². The monoisotopic (exact) mass is 437 g/mol. The number of methoxy groups -OCH3 is 1. The molecule has 0 aliphatic heterocycles. The van der Waals surface area contributed by atoms with E-state index in [1.165, 1.54) is 43.1 Å². The fraction of sp³-hybridized carbons (Fsp3) is 1.00. The molecule has 0 saturated heterocycles. The summed E-state index contributed by atoms with van der Waals surface area (Å²) in [5.41, 5.74) is 0. The Bertz CT molecular complexity index is 204. The Morgan fingerprint density at radius 3 is 1.26 bits per heavy atom. The van der Waals surface area contributed by atoms with Crippen molar-refractivity contribution in [3.63, 3.8) is 0 Å². The van der Waals surface area contributed by atoms with Crippen molar-refractivity contribution in [2.45, 2.75) is 112 Å². The molecule has 0 aromatic heterocycles. The average molecular weight is 436 g/mol. The van der Waals surface area contributed by atoms with Crippen LogP contribution < -0.4 is 5.32 Å². The van der Waals surface area contributed by atoms with Crippen molar-refractivity contribution in [2.24, 2.45) is 0 Å². The van der Waals surface area contributed by atoms with E-state index in [0.29, 0.717) is 12.1 Å². The first-order valence-electron chi connectivity index (χ1n) is 10.1. The topological polar surface area (TPSA) is 21.3 Å². The molecule has 2 nitrogen and oxygen atoms in total. The Labute approximate surface area is 152 Å². The first-order valence-corrected chi connectivity index (χ1v) is 18.2. The quantitative estimate of drug-likeness (QED) is 0.337. The van der Waals surface area contributed by atoms with Crippen molar-refractivity contribution < 1.29 is 4.74 Å². The van der Waals surface area contributed by atoms with Crippen LogP contribution in [0.5, 0.6) is 0 Å². The van der Waals surface area contributed by atoms with Crippen LogP contribution in [0.25, 0.3) is 0 Å². The second-order valence-electron chi connectivity index (χ2n) is 7.72. The van der Waals surface area contributed by atoms with Gasteiger partial charge in [0.05, 0.1) is 0 Å². The molecule has 3 heteroatoms. The van der Waals surface area contributed by atoms with Gasteiger partial charge in [0.2, 0.25) is 0 Å². The first kappa shape index (κ1) is 26.0. The van der Waals surface area contributed by atoms with E-state index in [9.17, 15) is 0 Å². The number of ether oxygens (including phenoxy) is 1. The number of nitrogens with one attached hydrogen (secondary N) is 1. The van der Waals surface area contributed by atoms with Gasteiger partial charge >= 0.3 is 107 Å². The predicted octanol–water partition coefficient (Wildman–Crippen LogP) is 6.41. The van der Waals surface area contributed by atoms with Crippen LogP contribution in [0, 0.1) is 0 Å². The van der Waals surface area contributed by atoms with Gasteiger partial charge in [-0.15, -0.1) is 0 Å². The normalized spacial score (nSPS) is 11.7. The molecule has 1 N–H and O–H groups in total. The summed E-state index contributed by atoms with van der Waals surface area (Å²) in [6.07, 6.45) is 8.44. The Morgan fingerprint density at radius 2 is 1.09 bits per heavy atom. The molecule has 0 unspecified atom stereocenters. The summed E-state index contributed by atoms with van der Waals surface area (Å²) in [6, 6.07) is 1.25. The van der Waals surface area contributed by atoms with Crippen molar-refractivity contribution in [1.82, 2.24) is 5.32 Å². The SMILES string of the molecule is CC(C)NC(C)C.CCC[CH2][Sn]([CH2]CCC)([CH2]CCC)[CH2]OC. The summed E-state index contributed by atoms with van der Waals surface area (Å²) in [5.74, 6) is 0. The zero-order valence-corrected chi connectivity index (χ0v) is 20.5. The molecule has 142 valence electrons. The summed E-state index contributed by atoms with van der Waals surface area (Å²) in [4.78, 5) is 0. The Hall–Kier alpha value is 0.719. The van der Waals surface area contributed by atoms with Crippen LogP contribution in [0.1, 0.15) is 87.0 Å². The number of hydrogen-bond acceptors (Lipinski definition) is 2. The van der Waals surface area contributed by atoms with E-state index in [2.05, 4.69) is 53.8 Å². The second-order valence-corrected chi connectivity index (χ2v) is 21.4. The molecule has 0 aliphatic rings. The van der Waals surface area contributed by atoms with E-state index >= 15 is 0 Å². The number of rotatable bonds is 13. The summed E-state index contributed by atoms with van der Waals surface area (Å²) in [7, 11) is 1.91. The molecule has 0 bridgehead atoms. The van der Waals surface area contributed by atoms with Crippen LogP contribution in [-0.2, 0) is 4.74 Å². The minimum atomic E-state index is -1.88. The average Bonchev–Trinajstić information content (AvgIpc) is 2.48. The maximum absolute atomic E-state index is 5.59. The zero-order chi connectivity index (χ0) is 18.1. The van der Waals surface area contributed by atoms with Gasteiger partial charge in [-0.1, -0.05) is 27.7 Å². The molecule has 0 aromatic carbocycles. The molecular formula is C20H47NOSn. The van der Waals surface area contributed by atoms with E-state index in [0.717, 1.165) is 0 Å². The molecule has 0 amide bonds. The molecule has 0 atom stereocenters. The fourth-order valence-electron chi connectivity index (χ4n) is 3.22. The number of unbranched alkanes of at least 4 members (excludes halogenated alkanes) is 3. The molecule has 23 heavy (non-hydrogen) atoms. The molecule has 0 fully saturated rings. The fourth-order valence-corrected chi connectivity index (χ4v) is 17.8. The summed E-state index contributed by atoms with van der Waals surface area (Å²) in [6.45, 7) is 15.6. The second kappa shape index (κ2) is 17.5. The third-order valence-corrected chi connectivity index (χ3v) is 19.0. The van der Waals surface area contributed by atoms with Gasteiger partial charge < -0.3 is 5.32 Å². The van der Waals surface area contributed by atoms with Crippen molar-refractivity contribution in [1.29, 1.82) is 0 Å². The predicted molar refractivity (Wildman–Crippen MR) is 110 cm³/mol. The molecule has 0 radical (unpaired) electrons. The van der Waals surface area contributed by atoms with Crippen LogP contribution >= 0.6 is 0 Å². The molecular weight excluding hydrogens is 389 g/mol. The number of hydrogen-bond donors (Lipinski definition) is 1. The Balaban J connectivity index is 0. The van der Waals surface area contributed by atoms with Crippen molar-refractivity contribution >= 4 is 18.4 Å². The van der Waals surface area contributed by atoms with Gasteiger partial charge in [0.1, 0.15) is 0 Å². The van der Waals surface area contributed by atoms with Crippen molar-refractivity contribution in [2.75, 3.05) is 11.7 Å². The van der Waals surface area contributed by atoms with E-state index in [1.54, 1.807) is 13.3 Å². The summed E-state index contributed by atoms with van der Waals surface area (Å²) >= 11 is -1.88. The van der Waals surface area contributed by atoms with Gasteiger partial charge in [-0.3, -0.25) is 0 Å². The third kappa shape index (κ3) is 17.3. The van der Waals surface area contributed by atoms with Gasteiger partial charge in [-0.05, 0) is 0 Å². The van der Waals surface area contributed by atoms with Gasteiger partial charge in [0.25, 0.3) is 0 Å². The zero-order valence-electron chi connectivity index (χ0n) is 17.6. The maximum atomic E-state index is 5.59. The molecule has 0 saturated carbocycles. The van der Waals surface area contributed by atoms with Crippen LogP contribution in [0.2, 0.25) is 13.3 Å². The molecule has 0 rings (SSSR count). The van der Waals surface area contributed by atoms with Gasteiger partial charge in [-0.2, -0.15) is 0 Å². The Morgan fingerprint density at radius 1 is 0.739 bits per heavy atom. The third-order valence-electron chi connectivity index (χ3n) is 4.30. The van der Waals surface area contributed by atoms with Gasteiger partial charge in [0, 0.05) is 12.1 Å². The van der Waals surface area contributed by atoms with Crippen molar-refractivity contribution in [3.8, 4) is 0 Å².